The molecule has 0 aliphatic carbocycles. The van der Waals surface area contributed by atoms with E-state index in [1.54, 1.807) is 13.0 Å². The lowest BCUT2D eigenvalue weighted by molar-refractivity contribution is -0.112. The Morgan fingerprint density at radius 2 is 2.17 bits per heavy atom. The van der Waals surface area contributed by atoms with Gasteiger partial charge in [-0.1, -0.05) is 24.5 Å². The normalized spacial score (nSPS) is 13.1. The van der Waals surface area contributed by atoms with Crippen LogP contribution in [-0.4, -0.2) is 23.8 Å². The Labute approximate surface area is 107 Å². The summed E-state index contributed by atoms with van der Waals surface area (Å²) in [5.74, 6) is -0.367. The van der Waals surface area contributed by atoms with Crippen LogP contribution >= 0.6 is 7.92 Å². The van der Waals surface area contributed by atoms with E-state index in [0.717, 1.165) is 6.26 Å². The molecule has 0 heterocycles. The van der Waals surface area contributed by atoms with Crippen LogP contribution in [0.25, 0.3) is 0 Å². The van der Waals surface area contributed by atoms with Crippen molar-refractivity contribution in [2.75, 3.05) is 6.61 Å². The number of hydrogen-bond acceptors (Lipinski definition) is 5. The molecular formula is C12H17NO4P+. The van der Waals surface area contributed by atoms with E-state index in [-0.39, 0.29) is 18.0 Å². The quantitative estimate of drug-likeness (QED) is 0.241. The number of carbonyl (C=O) groups excluding carboxylic acids is 1. The number of aliphatic hydroxyl groups is 1. The number of carbonyl (C=O) groups is 1. The lowest BCUT2D eigenvalue weighted by Crippen LogP contribution is -2.09. The molecule has 0 bridgehead atoms. The largest absolute Gasteiger partial charge is 0.515 e. The zero-order valence-electron chi connectivity index (χ0n) is 10.5. The van der Waals surface area contributed by atoms with Gasteiger partial charge in [0.15, 0.2) is 10.7 Å². The van der Waals surface area contributed by atoms with Gasteiger partial charge in [-0.05, 0) is 24.5 Å². The van der Waals surface area contributed by atoms with Crippen molar-refractivity contribution in [3.63, 3.8) is 0 Å². The number of allylic oxidation sites excluding steroid dienone is 2. The molecule has 0 saturated heterocycles. The molecule has 0 aromatic rings. The molecule has 18 heavy (non-hydrogen) atoms. The van der Waals surface area contributed by atoms with Crippen LogP contribution in [0.2, 0.25) is 0 Å². The Hall–Kier alpha value is -1.58. The molecule has 0 aromatic carbocycles. The highest BCUT2D eigenvalue weighted by atomic mass is 31.1. The molecule has 0 spiro atoms. The third-order valence-electron chi connectivity index (χ3n) is 2.02. The van der Waals surface area contributed by atoms with Gasteiger partial charge in [0, 0.05) is 0 Å². The second-order valence-corrected chi connectivity index (χ2v) is 4.62. The van der Waals surface area contributed by atoms with Gasteiger partial charge in [0.1, 0.15) is 12.9 Å². The molecule has 0 amide bonds. The molecule has 0 radical (unpaired) electrons. The molecule has 0 aliphatic heterocycles. The molecule has 1 atom stereocenters. The maximum atomic E-state index is 11.8. The third-order valence-corrected chi connectivity index (χ3v) is 2.63. The van der Waals surface area contributed by atoms with E-state index in [1.165, 1.54) is 0 Å². The average Bonchev–Trinajstić information content (AvgIpc) is 2.35. The SMILES string of the molecule is C=C(C)C(=O)C(=CO)/C(=C\CC)CO[P+](=C)N=O. The highest BCUT2D eigenvalue weighted by Crippen LogP contribution is 2.25. The van der Waals surface area contributed by atoms with E-state index >= 15 is 0 Å². The molecule has 1 unspecified atom stereocenters. The summed E-state index contributed by atoms with van der Waals surface area (Å²) >= 11 is 0. The summed E-state index contributed by atoms with van der Waals surface area (Å²) in [6.45, 7) is 6.96. The molecule has 0 aliphatic rings. The fourth-order valence-electron chi connectivity index (χ4n) is 1.18. The number of Topliss-reactive ketones (excluding diaryl/α,β-unsaturated/α-hetero) is 1. The minimum atomic E-state index is -1.65. The van der Waals surface area contributed by atoms with Crippen molar-refractivity contribution in [3.05, 3.63) is 40.5 Å². The standard InChI is InChI=1S/C12H16NO4P/c1-5-6-10(8-17-18(4)13-16)11(7-14)12(15)9(2)3/h6-7H,2,4-5,8H2,1,3H3/p+1/b10-6-. The van der Waals surface area contributed by atoms with E-state index in [9.17, 15) is 9.70 Å². The van der Waals surface area contributed by atoms with Crippen molar-refractivity contribution in [1.29, 1.82) is 0 Å². The van der Waals surface area contributed by atoms with Gasteiger partial charge >= 0.3 is 7.92 Å². The van der Waals surface area contributed by atoms with Crippen LogP contribution in [0.15, 0.2) is 40.6 Å². The average molecular weight is 270 g/mol. The summed E-state index contributed by atoms with van der Waals surface area (Å²) in [5, 5.41) is 9.15. The van der Waals surface area contributed by atoms with Gasteiger partial charge in [0.2, 0.25) is 0 Å². The van der Waals surface area contributed by atoms with Crippen LogP contribution in [0.4, 0.5) is 0 Å². The molecule has 6 heteroatoms. The van der Waals surface area contributed by atoms with E-state index in [2.05, 4.69) is 17.8 Å². The van der Waals surface area contributed by atoms with Gasteiger partial charge in [-0.2, -0.15) is 4.52 Å². The van der Waals surface area contributed by atoms with E-state index in [4.69, 9.17) is 9.63 Å². The highest BCUT2D eigenvalue weighted by Gasteiger charge is 2.18. The minimum absolute atomic E-state index is 0.000195. The maximum absolute atomic E-state index is 11.8. The van der Waals surface area contributed by atoms with Gasteiger partial charge in [0.05, 0.1) is 11.8 Å². The number of rotatable bonds is 8. The fraction of sp³-hybridized carbons (Fsp3) is 0.333. The van der Waals surface area contributed by atoms with Gasteiger partial charge in [-0.15, -0.1) is 0 Å². The van der Waals surface area contributed by atoms with Crippen LogP contribution in [0.3, 0.4) is 0 Å². The minimum Gasteiger partial charge on any atom is -0.515 e. The van der Waals surface area contributed by atoms with E-state index < -0.39 is 7.92 Å². The molecule has 5 nitrogen and oxygen atoms in total. The Kier molecular flexibility index (Phi) is 7.76. The zero-order chi connectivity index (χ0) is 14.1. The van der Waals surface area contributed by atoms with Crippen molar-refractivity contribution >= 4 is 20.0 Å². The molecule has 1 N–H and O–H groups in total. The Balaban J connectivity index is 5.04. The number of hydrogen-bond donors (Lipinski definition) is 1. The van der Waals surface area contributed by atoms with Crippen molar-refractivity contribution in [2.24, 2.45) is 4.95 Å². The summed E-state index contributed by atoms with van der Waals surface area (Å²) in [5.41, 5.74) is 0.911. The van der Waals surface area contributed by atoms with Gasteiger partial charge < -0.3 is 5.11 Å². The molecule has 0 rings (SSSR count). The first kappa shape index (κ1) is 16.4. The van der Waals surface area contributed by atoms with Crippen LogP contribution < -0.4 is 0 Å². The number of ketones is 1. The highest BCUT2D eigenvalue weighted by molar-refractivity contribution is 7.49. The first-order valence-electron chi connectivity index (χ1n) is 5.28. The maximum Gasteiger partial charge on any atom is 0.444 e. The van der Waals surface area contributed by atoms with Crippen LogP contribution in [0, 0.1) is 4.91 Å². The van der Waals surface area contributed by atoms with Crippen molar-refractivity contribution < 1.29 is 14.4 Å². The number of aliphatic hydroxyl groups excluding tert-OH is 1. The third kappa shape index (κ3) is 5.17. The van der Waals surface area contributed by atoms with Crippen LogP contribution in [0.1, 0.15) is 20.3 Å². The Morgan fingerprint density at radius 3 is 2.56 bits per heavy atom. The topological polar surface area (TPSA) is 76.0 Å². The van der Waals surface area contributed by atoms with Gasteiger partial charge in [-0.25, -0.2) is 0 Å². The van der Waals surface area contributed by atoms with Gasteiger partial charge in [0.25, 0.3) is 0 Å². The monoisotopic (exact) mass is 270 g/mol. The zero-order valence-corrected chi connectivity index (χ0v) is 11.4. The molecule has 0 saturated carbocycles. The molecule has 98 valence electrons. The summed E-state index contributed by atoms with van der Waals surface area (Å²) < 4.78 is 5.09. The predicted molar refractivity (Wildman–Crippen MR) is 74.7 cm³/mol. The van der Waals surface area contributed by atoms with Crippen molar-refractivity contribution in [3.8, 4) is 0 Å². The molecule has 0 fully saturated rings. The number of nitrogens with zero attached hydrogens (tertiary/aromatic N) is 1. The van der Waals surface area contributed by atoms with Crippen molar-refractivity contribution in [1.82, 2.24) is 0 Å². The number of nitroso groups, excluding NO2 is 1. The second-order valence-electron chi connectivity index (χ2n) is 3.50. The van der Waals surface area contributed by atoms with Crippen molar-refractivity contribution in [2.45, 2.75) is 20.3 Å². The summed E-state index contributed by atoms with van der Waals surface area (Å²) in [6, 6.07) is 0. The summed E-state index contributed by atoms with van der Waals surface area (Å²) in [4.78, 5) is 24.6. The van der Waals surface area contributed by atoms with E-state index in [1.807, 2.05) is 6.92 Å². The fourth-order valence-corrected chi connectivity index (χ4v) is 1.51. The lowest BCUT2D eigenvalue weighted by atomic mass is 9.99. The summed E-state index contributed by atoms with van der Waals surface area (Å²) in [6.07, 6.45) is 6.52. The summed E-state index contributed by atoms with van der Waals surface area (Å²) in [7, 11) is -1.65. The van der Waals surface area contributed by atoms with Crippen LogP contribution in [-0.2, 0) is 9.32 Å². The lowest BCUT2D eigenvalue weighted by Gasteiger charge is -2.07. The molecule has 0 aromatic heterocycles. The first-order chi connectivity index (χ1) is 8.47. The Bertz CT molecular complexity index is 424. The molecular weight excluding hydrogens is 253 g/mol. The predicted octanol–water partition coefficient (Wildman–Crippen LogP) is 3.44. The Morgan fingerprint density at radius 1 is 1.56 bits per heavy atom. The van der Waals surface area contributed by atoms with E-state index in [0.29, 0.717) is 17.6 Å². The smallest absolute Gasteiger partial charge is 0.444 e. The van der Waals surface area contributed by atoms with Gasteiger partial charge in [-0.3, -0.25) is 4.79 Å². The first-order valence-corrected chi connectivity index (χ1v) is 6.68. The van der Waals surface area contributed by atoms with Crippen LogP contribution in [0.5, 0.6) is 0 Å². The second kappa shape index (κ2) is 8.50.